The summed E-state index contributed by atoms with van der Waals surface area (Å²) in [5.41, 5.74) is 1.31. The normalized spacial score (nSPS) is 12.0. The van der Waals surface area contributed by atoms with Crippen LogP contribution < -0.4 is 0 Å². The molecule has 0 N–H and O–H groups in total. The van der Waals surface area contributed by atoms with Crippen LogP contribution in [0.3, 0.4) is 0 Å². The van der Waals surface area contributed by atoms with Crippen molar-refractivity contribution < 1.29 is 0 Å². The Bertz CT molecular complexity index is 491. The average molecular weight is 249 g/mol. The van der Waals surface area contributed by atoms with Crippen molar-refractivity contribution in [1.82, 2.24) is 14.5 Å². The maximum Gasteiger partial charge on any atom is 0.113 e. The van der Waals surface area contributed by atoms with Gasteiger partial charge in [-0.2, -0.15) is 0 Å². The number of rotatable bonds is 3. The summed E-state index contributed by atoms with van der Waals surface area (Å²) in [6.45, 7) is 9.55. The van der Waals surface area contributed by atoms with E-state index in [0.717, 1.165) is 23.8 Å². The van der Waals surface area contributed by atoms with Gasteiger partial charge in [-0.15, -0.1) is 11.3 Å². The second-order valence-corrected chi connectivity index (χ2v) is 6.14. The van der Waals surface area contributed by atoms with Crippen molar-refractivity contribution in [3.8, 4) is 0 Å². The van der Waals surface area contributed by atoms with E-state index in [-0.39, 0.29) is 5.41 Å². The summed E-state index contributed by atoms with van der Waals surface area (Å²) in [5.74, 6) is 1.12. The molecule has 2 aromatic rings. The van der Waals surface area contributed by atoms with E-state index in [1.54, 1.807) is 11.3 Å². The van der Waals surface area contributed by atoms with Crippen molar-refractivity contribution in [2.24, 2.45) is 0 Å². The second-order valence-electron chi connectivity index (χ2n) is 5.20. The van der Waals surface area contributed by atoms with Crippen molar-refractivity contribution in [1.29, 1.82) is 0 Å². The molecule has 0 atom stereocenters. The third-order valence-corrected chi connectivity index (χ3v) is 3.58. The summed E-state index contributed by atoms with van der Waals surface area (Å²) in [4.78, 5) is 9.03. The molecule has 0 aliphatic carbocycles. The van der Waals surface area contributed by atoms with E-state index in [0.29, 0.717) is 0 Å². The van der Waals surface area contributed by atoms with Crippen LogP contribution in [0.1, 0.15) is 44.2 Å². The van der Waals surface area contributed by atoms with Crippen LogP contribution in [-0.4, -0.2) is 14.5 Å². The maximum atomic E-state index is 4.70. The van der Waals surface area contributed by atoms with Crippen molar-refractivity contribution in [2.45, 2.75) is 46.1 Å². The van der Waals surface area contributed by atoms with E-state index in [1.165, 1.54) is 5.69 Å². The first-order chi connectivity index (χ1) is 8.00. The van der Waals surface area contributed by atoms with E-state index >= 15 is 0 Å². The van der Waals surface area contributed by atoms with E-state index in [2.05, 4.69) is 42.6 Å². The molecular formula is C13H19N3S. The van der Waals surface area contributed by atoms with E-state index in [4.69, 9.17) is 4.98 Å². The summed E-state index contributed by atoms with van der Waals surface area (Å²) in [5, 5.41) is 3.32. The summed E-state index contributed by atoms with van der Waals surface area (Å²) in [6, 6.07) is 0. The summed E-state index contributed by atoms with van der Waals surface area (Å²) < 4.78 is 2.17. The Morgan fingerprint density at radius 2 is 2.12 bits per heavy atom. The molecule has 2 heterocycles. The number of hydrogen-bond donors (Lipinski definition) is 0. The molecule has 0 radical (unpaired) electrons. The molecular weight excluding hydrogens is 230 g/mol. The zero-order valence-electron chi connectivity index (χ0n) is 10.9. The largest absolute Gasteiger partial charge is 0.328 e. The van der Waals surface area contributed by atoms with Crippen LogP contribution in [0.15, 0.2) is 17.8 Å². The van der Waals surface area contributed by atoms with Gasteiger partial charge in [-0.3, -0.25) is 0 Å². The number of nitrogens with zero attached hydrogens (tertiary/aromatic N) is 3. The minimum Gasteiger partial charge on any atom is -0.328 e. The molecule has 3 nitrogen and oxygen atoms in total. The van der Waals surface area contributed by atoms with Crippen molar-refractivity contribution in [3.05, 3.63) is 34.3 Å². The molecule has 0 amide bonds. The fourth-order valence-corrected chi connectivity index (χ4v) is 2.69. The predicted molar refractivity (Wildman–Crippen MR) is 71.5 cm³/mol. The summed E-state index contributed by atoms with van der Waals surface area (Å²) in [6.07, 6.45) is 4.85. The Morgan fingerprint density at radius 1 is 1.35 bits per heavy atom. The molecule has 0 unspecified atom stereocenters. The van der Waals surface area contributed by atoms with Gasteiger partial charge in [0.15, 0.2) is 0 Å². The highest BCUT2D eigenvalue weighted by atomic mass is 32.1. The van der Waals surface area contributed by atoms with Gasteiger partial charge in [0, 0.05) is 29.6 Å². The zero-order chi connectivity index (χ0) is 12.5. The van der Waals surface area contributed by atoms with Gasteiger partial charge >= 0.3 is 0 Å². The third kappa shape index (κ3) is 2.75. The fourth-order valence-electron chi connectivity index (χ4n) is 1.67. The fraction of sp³-hybridized carbons (Fsp3) is 0.538. The van der Waals surface area contributed by atoms with Crippen LogP contribution >= 0.6 is 11.3 Å². The van der Waals surface area contributed by atoms with Gasteiger partial charge in [0.1, 0.15) is 10.8 Å². The van der Waals surface area contributed by atoms with Crippen molar-refractivity contribution >= 4 is 11.3 Å². The predicted octanol–water partition coefficient (Wildman–Crippen LogP) is 3.25. The molecule has 4 heteroatoms. The molecule has 92 valence electrons. The quantitative estimate of drug-likeness (QED) is 0.836. The standard InChI is InChI=1S/C13H19N3S/c1-5-11-14-6-7-16(11)8-12-15-10(9-17-12)13(2,3)4/h6-7,9H,5,8H2,1-4H3. The highest BCUT2D eigenvalue weighted by molar-refractivity contribution is 7.09. The summed E-state index contributed by atoms with van der Waals surface area (Å²) in [7, 11) is 0. The lowest BCUT2D eigenvalue weighted by molar-refractivity contribution is 0.569. The first kappa shape index (κ1) is 12.3. The molecule has 17 heavy (non-hydrogen) atoms. The lowest BCUT2D eigenvalue weighted by Crippen LogP contribution is -2.12. The van der Waals surface area contributed by atoms with Crippen LogP contribution in [0, 0.1) is 0 Å². The molecule has 0 aliphatic rings. The van der Waals surface area contributed by atoms with Crippen LogP contribution in [-0.2, 0) is 18.4 Å². The first-order valence-corrected chi connectivity index (χ1v) is 6.83. The van der Waals surface area contributed by atoms with Crippen LogP contribution in [0.25, 0.3) is 0 Å². The number of aryl methyl sites for hydroxylation is 1. The Hall–Kier alpha value is -1.16. The van der Waals surface area contributed by atoms with Crippen LogP contribution in [0.5, 0.6) is 0 Å². The number of imidazole rings is 1. The highest BCUT2D eigenvalue weighted by Crippen LogP contribution is 2.24. The molecule has 0 aromatic carbocycles. The molecule has 0 spiro atoms. The number of aromatic nitrogens is 3. The van der Waals surface area contributed by atoms with Gasteiger partial charge in [-0.25, -0.2) is 9.97 Å². The molecule has 2 rings (SSSR count). The van der Waals surface area contributed by atoms with Gasteiger partial charge < -0.3 is 4.57 Å². The van der Waals surface area contributed by atoms with E-state index in [9.17, 15) is 0 Å². The van der Waals surface area contributed by atoms with Crippen molar-refractivity contribution in [2.75, 3.05) is 0 Å². The first-order valence-electron chi connectivity index (χ1n) is 5.95. The topological polar surface area (TPSA) is 30.7 Å². The van der Waals surface area contributed by atoms with E-state index in [1.807, 2.05) is 12.4 Å². The summed E-state index contributed by atoms with van der Waals surface area (Å²) >= 11 is 1.73. The molecule has 0 aliphatic heterocycles. The average Bonchev–Trinajstić information content (AvgIpc) is 2.86. The second kappa shape index (κ2) is 4.61. The Balaban J connectivity index is 2.17. The Labute approximate surface area is 107 Å². The molecule has 0 saturated heterocycles. The van der Waals surface area contributed by atoms with E-state index < -0.39 is 0 Å². The van der Waals surface area contributed by atoms with Gasteiger partial charge in [0.05, 0.1) is 12.2 Å². The van der Waals surface area contributed by atoms with Gasteiger partial charge in [-0.05, 0) is 0 Å². The number of hydrogen-bond acceptors (Lipinski definition) is 3. The molecule has 2 aromatic heterocycles. The van der Waals surface area contributed by atoms with Crippen LogP contribution in [0.4, 0.5) is 0 Å². The minimum absolute atomic E-state index is 0.136. The zero-order valence-corrected chi connectivity index (χ0v) is 11.7. The smallest absolute Gasteiger partial charge is 0.113 e. The molecule has 0 bridgehead atoms. The number of thiazole rings is 1. The molecule has 0 saturated carbocycles. The van der Waals surface area contributed by atoms with Gasteiger partial charge in [0.2, 0.25) is 0 Å². The van der Waals surface area contributed by atoms with Gasteiger partial charge in [-0.1, -0.05) is 27.7 Å². The van der Waals surface area contributed by atoms with Gasteiger partial charge in [0.25, 0.3) is 0 Å². The Morgan fingerprint density at radius 3 is 2.71 bits per heavy atom. The SMILES string of the molecule is CCc1nccn1Cc1nc(C(C)(C)C)cs1. The minimum atomic E-state index is 0.136. The lowest BCUT2D eigenvalue weighted by atomic mass is 9.93. The highest BCUT2D eigenvalue weighted by Gasteiger charge is 2.17. The maximum absolute atomic E-state index is 4.70. The molecule has 0 fully saturated rings. The Kier molecular flexibility index (Phi) is 3.33. The third-order valence-electron chi connectivity index (χ3n) is 2.74. The lowest BCUT2D eigenvalue weighted by Gasteiger charge is -2.14. The van der Waals surface area contributed by atoms with Crippen LogP contribution in [0.2, 0.25) is 0 Å². The van der Waals surface area contributed by atoms with Crippen molar-refractivity contribution in [3.63, 3.8) is 0 Å². The monoisotopic (exact) mass is 249 g/mol.